The van der Waals surface area contributed by atoms with Crippen molar-refractivity contribution < 1.29 is 9.16 Å². The highest BCUT2D eigenvalue weighted by molar-refractivity contribution is 6.07. The van der Waals surface area contributed by atoms with Crippen LogP contribution in [0.1, 0.15) is 46.5 Å². The third-order valence-electron chi connectivity index (χ3n) is 3.66. The van der Waals surface area contributed by atoms with E-state index in [9.17, 15) is 0 Å². The average molecular weight is 288 g/mol. The van der Waals surface area contributed by atoms with Crippen LogP contribution in [0.2, 0.25) is 0 Å². The molecule has 0 amide bonds. The molecular weight excluding hydrogens is 260 g/mol. The van der Waals surface area contributed by atoms with Crippen LogP contribution in [0.25, 0.3) is 0 Å². The van der Waals surface area contributed by atoms with Crippen LogP contribution in [0.5, 0.6) is 0 Å². The third kappa shape index (κ3) is 6.64. The van der Waals surface area contributed by atoms with Crippen LogP contribution in [0.4, 0.5) is 0 Å². The number of hydrogen-bond acceptors (Lipinski definition) is 1. The van der Waals surface area contributed by atoms with Crippen molar-refractivity contribution in [2.75, 3.05) is 13.7 Å². The summed E-state index contributed by atoms with van der Waals surface area (Å²) in [7, 11) is 1.62. The molecule has 0 bridgehead atoms. The first kappa shape index (κ1) is 17.5. The molecular formula is C19H28O2. The molecule has 0 aromatic carbocycles. The lowest BCUT2D eigenvalue weighted by molar-refractivity contribution is -0.457. The first-order valence-corrected chi connectivity index (χ1v) is 7.84. The Bertz CT molecular complexity index is 460. The van der Waals surface area contributed by atoms with Gasteiger partial charge in [-0.25, -0.2) is 6.08 Å². The average Bonchev–Trinajstić information content (AvgIpc) is 2.47. The minimum absolute atomic E-state index is 0.668. The number of hydrogen-bond donors (Lipinski definition) is 0. The monoisotopic (exact) mass is 288 g/mol. The van der Waals surface area contributed by atoms with E-state index in [0.717, 1.165) is 23.7 Å². The molecule has 0 N–H and O–H groups in total. The van der Waals surface area contributed by atoms with Gasteiger partial charge in [0.1, 0.15) is 5.76 Å². The molecule has 0 radical (unpaired) electrons. The van der Waals surface area contributed by atoms with Crippen LogP contribution in [0.3, 0.4) is 0 Å². The van der Waals surface area contributed by atoms with E-state index in [1.807, 2.05) is 6.08 Å². The molecule has 116 valence electrons. The molecule has 0 aromatic rings. The van der Waals surface area contributed by atoms with Crippen molar-refractivity contribution in [2.24, 2.45) is 11.8 Å². The van der Waals surface area contributed by atoms with E-state index in [2.05, 4.69) is 26.5 Å². The molecule has 1 rings (SSSR count). The smallest absolute Gasteiger partial charge is 0.282 e. The quantitative estimate of drug-likeness (QED) is 0.346. The maximum Gasteiger partial charge on any atom is 0.282 e. The van der Waals surface area contributed by atoms with E-state index < -0.39 is 0 Å². The molecule has 21 heavy (non-hydrogen) atoms. The zero-order valence-electron chi connectivity index (χ0n) is 13.8. The molecule has 2 heteroatoms. The van der Waals surface area contributed by atoms with Crippen molar-refractivity contribution >= 4 is 5.78 Å². The van der Waals surface area contributed by atoms with Gasteiger partial charge in [-0.2, -0.15) is 0 Å². The second-order valence-electron chi connectivity index (χ2n) is 6.05. The van der Waals surface area contributed by atoms with E-state index in [4.69, 9.17) is 15.7 Å². The molecule has 1 aliphatic rings. The highest BCUT2D eigenvalue weighted by Crippen LogP contribution is 2.15. The lowest BCUT2D eigenvalue weighted by atomic mass is 9.98. The number of ketones is 1. The van der Waals surface area contributed by atoms with E-state index >= 15 is 0 Å². The zero-order valence-corrected chi connectivity index (χ0v) is 13.8. The molecule has 0 heterocycles. The molecule has 1 aliphatic carbocycles. The predicted octanol–water partition coefficient (Wildman–Crippen LogP) is 4.56. The first-order valence-electron chi connectivity index (χ1n) is 7.84. The maximum absolute atomic E-state index is 5.83. The number of carbonyl (C=O) groups excluding carboxylic acids is 1. The summed E-state index contributed by atoms with van der Waals surface area (Å²) < 4.78 is 11.0. The highest BCUT2D eigenvalue weighted by atomic mass is 16.5. The van der Waals surface area contributed by atoms with Gasteiger partial charge in [0.2, 0.25) is 0 Å². The van der Waals surface area contributed by atoms with Gasteiger partial charge in [0.25, 0.3) is 12.4 Å². The Morgan fingerprint density at radius 2 is 2.05 bits per heavy atom. The van der Waals surface area contributed by atoms with Crippen molar-refractivity contribution in [3.63, 3.8) is 0 Å². The Morgan fingerprint density at radius 3 is 2.67 bits per heavy atom. The Hall–Kier alpha value is -1.53. The van der Waals surface area contributed by atoms with Crippen molar-refractivity contribution in [3.05, 3.63) is 41.9 Å². The summed E-state index contributed by atoms with van der Waals surface area (Å²) >= 11 is 0. The van der Waals surface area contributed by atoms with E-state index in [-0.39, 0.29) is 0 Å². The Kier molecular flexibility index (Phi) is 7.85. The zero-order chi connectivity index (χ0) is 15.7. The molecule has 0 aromatic heterocycles. The molecule has 0 aliphatic heterocycles. The lowest BCUT2D eigenvalue weighted by Crippen LogP contribution is -2.08. The van der Waals surface area contributed by atoms with Crippen molar-refractivity contribution in [1.29, 1.82) is 0 Å². The summed E-state index contributed by atoms with van der Waals surface area (Å²) in [6.07, 6.45) is 10.1. The molecule has 1 unspecified atom stereocenters. The molecule has 1 atom stereocenters. The van der Waals surface area contributed by atoms with Crippen LogP contribution in [-0.4, -0.2) is 19.5 Å². The summed E-state index contributed by atoms with van der Waals surface area (Å²) in [4.78, 5) is 0. The molecule has 0 saturated carbocycles. The molecule has 0 fully saturated rings. The van der Waals surface area contributed by atoms with Gasteiger partial charge in [-0.15, -0.1) is 0 Å². The van der Waals surface area contributed by atoms with Gasteiger partial charge in [-0.1, -0.05) is 57.4 Å². The van der Waals surface area contributed by atoms with Crippen LogP contribution >= 0.6 is 0 Å². The second-order valence-corrected chi connectivity index (χ2v) is 6.05. The van der Waals surface area contributed by atoms with Crippen LogP contribution in [0, 0.1) is 18.4 Å². The van der Waals surface area contributed by atoms with Gasteiger partial charge in [0, 0.05) is 6.42 Å². The maximum atomic E-state index is 5.83. The van der Waals surface area contributed by atoms with Crippen LogP contribution in [0.15, 0.2) is 35.3 Å². The molecule has 0 saturated heterocycles. The Labute approximate surface area is 129 Å². The van der Waals surface area contributed by atoms with Crippen molar-refractivity contribution in [2.45, 2.75) is 46.5 Å². The fourth-order valence-electron chi connectivity index (χ4n) is 2.24. The largest absolute Gasteiger partial charge is 0.491 e. The standard InChI is InChI=1S/C19H28O2/c1-6-17-14-18(20-5)10-11-19(17)21-13-12-16(4)9-7-8-15(2)3/h1,6,11,14-16H,7-9,12-13H2,2-5H3. The molecule has 2 nitrogen and oxygen atoms in total. The van der Waals surface area contributed by atoms with Gasteiger partial charge in [0.05, 0.1) is 13.2 Å². The lowest BCUT2D eigenvalue weighted by Gasteiger charge is -2.10. The number of ether oxygens (including phenoxy) is 1. The van der Waals surface area contributed by atoms with E-state index in [1.54, 1.807) is 13.2 Å². The summed E-state index contributed by atoms with van der Waals surface area (Å²) in [5.41, 5.74) is 3.87. The topological polar surface area (TPSA) is 20.5 Å². The van der Waals surface area contributed by atoms with Gasteiger partial charge in [-0.05, 0) is 11.8 Å². The minimum atomic E-state index is 0.668. The van der Waals surface area contributed by atoms with Crippen LogP contribution in [-0.2, 0) is 9.16 Å². The van der Waals surface area contributed by atoms with E-state index in [1.165, 1.54) is 25.3 Å². The Morgan fingerprint density at radius 1 is 1.29 bits per heavy atom. The number of rotatable bonds is 9. The van der Waals surface area contributed by atoms with Crippen molar-refractivity contribution in [3.8, 4) is 0 Å². The fourth-order valence-corrected chi connectivity index (χ4v) is 2.24. The van der Waals surface area contributed by atoms with E-state index in [0.29, 0.717) is 18.3 Å². The van der Waals surface area contributed by atoms with Gasteiger partial charge < -0.3 is 4.74 Å². The van der Waals surface area contributed by atoms with Gasteiger partial charge in [0.15, 0.2) is 0 Å². The predicted molar refractivity (Wildman–Crippen MR) is 87.9 cm³/mol. The highest BCUT2D eigenvalue weighted by Gasteiger charge is 2.11. The van der Waals surface area contributed by atoms with Gasteiger partial charge in [-0.3, -0.25) is 11.0 Å². The van der Waals surface area contributed by atoms with Gasteiger partial charge >= 0.3 is 0 Å². The SMILES string of the molecule is [CH-]=CC1=CC(OC)=C=CC1=[O+]CCC(C)CCCC(C)C. The Balaban J connectivity index is 2.44. The summed E-state index contributed by atoms with van der Waals surface area (Å²) in [6.45, 7) is 13.2. The second kappa shape index (κ2) is 9.41. The molecule has 0 spiro atoms. The summed E-state index contributed by atoms with van der Waals surface area (Å²) in [6, 6.07) is 0. The first-order chi connectivity index (χ1) is 10.1. The normalized spacial score (nSPS) is 17.7. The summed E-state index contributed by atoms with van der Waals surface area (Å²) in [5.74, 6) is 2.93. The third-order valence-corrected chi connectivity index (χ3v) is 3.66. The van der Waals surface area contributed by atoms with Crippen molar-refractivity contribution in [1.82, 2.24) is 0 Å². The number of methoxy groups -OCH3 is 1. The minimum Gasteiger partial charge on any atom is -0.491 e. The van der Waals surface area contributed by atoms with Crippen LogP contribution < -0.4 is 0 Å². The number of allylic oxidation sites excluding steroid dienone is 3. The summed E-state index contributed by atoms with van der Waals surface area (Å²) in [5, 5.41) is 0. The fraction of sp³-hybridized carbons (Fsp3) is 0.579.